The summed E-state index contributed by atoms with van der Waals surface area (Å²) in [6, 6.07) is 6.48. The Kier molecular flexibility index (Phi) is 5.78. The van der Waals surface area contributed by atoms with Gasteiger partial charge in [0.25, 0.3) is 0 Å². The van der Waals surface area contributed by atoms with Crippen LogP contribution in [0, 0.1) is 0 Å². The first-order valence-electron chi connectivity index (χ1n) is 5.77. The van der Waals surface area contributed by atoms with Crippen molar-refractivity contribution in [3.05, 3.63) is 34.9 Å². The third-order valence-electron chi connectivity index (χ3n) is 2.53. The van der Waals surface area contributed by atoms with E-state index in [1.807, 2.05) is 0 Å². The SMILES string of the molecule is C[C@@H](NS(=O)(=O)CCCC(=O)O)c1ccc(Cl)cc1. The van der Waals surface area contributed by atoms with Crippen LogP contribution in [0.4, 0.5) is 0 Å². The number of benzene rings is 1. The number of hydrogen-bond donors (Lipinski definition) is 2. The maximum Gasteiger partial charge on any atom is 0.303 e. The van der Waals surface area contributed by atoms with Crippen LogP contribution < -0.4 is 4.72 Å². The third kappa shape index (κ3) is 6.04. The Balaban J connectivity index is 2.57. The highest BCUT2D eigenvalue weighted by atomic mass is 35.5. The predicted molar refractivity (Wildman–Crippen MR) is 73.7 cm³/mol. The van der Waals surface area contributed by atoms with E-state index in [1.165, 1.54) is 0 Å². The molecule has 0 spiro atoms. The Morgan fingerprint density at radius 3 is 2.47 bits per heavy atom. The van der Waals surface area contributed by atoms with Crippen molar-refractivity contribution in [2.45, 2.75) is 25.8 Å². The van der Waals surface area contributed by atoms with Crippen molar-refractivity contribution >= 4 is 27.6 Å². The lowest BCUT2D eigenvalue weighted by molar-refractivity contribution is -0.137. The molecular weight excluding hydrogens is 290 g/mol. The first kappa shape index (κ1) is 15.9. The summed E-state index contributed by atoms with van der Waals surface area (Å²) in [5.41, 5.74) is 0.797. The van der Waals surface area contributed by atoms with E-state index in [1.54, 1.807) is 31.2 Å². The molecule has 0 fully saturated rings. The first-order chi connectivity index (χ1) is 8.80. The van der Waals surface area contributed by atoms with Crippen LogP contribution >= 0.6 is 11.6 Å². The molecule has 106 valence electrons. The van der Waals surface area contributed by atoms with E-state index in [9.17, 15) is 13.2 Å². The number of carbonyl (C=O) groups is 1. The van der Waals surface area contributed by atoms with Gasteiger partial charge in [0.1, 0.15) is 0 Å². The molecule has 0 unspecified atom stereocenters. The average Bonchev–Trinajstić information content (AvgIpc) is 2.28. The fourth-order valence-electron chi connectivity index (χ4n) is 1.56. The van der Waals surface area contributed by atoms with Gasteiger partial charge in [-0.05, 0) is 31.0 Å². The standard InChI is InChI=1S/C12H16ClNO4S/c1-9(10-4-6-11(13)7-5-10)14-19(17,18)8-2-3-12(15)16/h4-7,9,14H,2-3,8H2,1H3,(H,15,16)/t9-/m1/s1. The van der Waals surface area contributed by atoms with Crippen LogP contribution in [0.25, 0.3) is 0 Å². The average molecular weight is 306 g/mol. The molecule has 2 N–H and O–H groups in total. The Bertz CT molecular complexity index is 527. The van der Waals surface area contributed by atoms with Gasteiger partial charge in [-0.3, -0.25) is 4.79 Å². The summed E-state index contributed by atoms with van der Waals surface area (Å²) in [6.07, 6.45) is -0.0613. The van der Waals surface area contributed by atoms with E-state index >= 15 is 0 Å². The summed E-state index contributed by atoms with van der Waals surface area (Å²) in [7, 11) is -3.48. The molecule has 0 aliphatic heterocycles. The van der Waals surface area contributed by atoms with Gasteiger partial charge in [0.2, 0.25) is 10.0 Å². The molecule has 0 radical (unpaired) electrons. The molecule has 1 rings (SSSR count). The summed E-state index contributed by atoms with van der Waals surface area (Å²) >= 11 is 5.75. The number of nitrogens with one attached hydrogen (secondary N) is 1. The van der Waals surface area contributed by atoms with Crippen molar-refractivity contribution in [3.8, 4) is 0 Å². The van der Waals surface area contributed by atoms with Crippen molar-refractivity contribution < 1.29 is 18.3 Å². The minimum absolute atomic E-state index is 0.0952. The molecule has 0 saturated carbocycles. The molecule has 0 saturated heterocycles. The highest BCUT2D eigenvalue weighted by molar-refractivity contribution is 7.89. The second-order valence-corrected chi connectivity index (χ2v) is 6.52. The number of hydrogen-bond acceptors (Lipinski definition) is 3. The monoisotopic (exact) mass is 305 g/mol. The van der Waals surface area contributed by atoms with Gasteiger partial charge in [-0.2, -0.15) is 0 Å². The van der Waals surface area contributed by atoms with E-state index in [-0.39, 0.29) is 24.6 Å². The van der Waals surface area contributed by atoms with Crippen molar-refractivity contribution in [1.29, 1.82) is 0 Å². The molecule has 5 nitrogen and oxygen atoms in total. The van der Waals surface area contributed by atoms with Crippen molar-refractivity contribution in [2.24, 2.45) is 0 Å². The summed E-state index contributed by atoms with van der Waals surface area (Å²) in [5.74, 6) is -1.20. The highest BCUT2D eigenvalue weighted by Crippen LogP contribution is 2.17. The fraction of sp³-hybridized carbons (Fsp3) is 0.417. The molecule has 0 heterocycles. The van der Waals surface area contributed by atoms with Gasteiger partial charge in [-0.1, -0.05) is 23.7 Å². The number of rotatable bonds is 7. The first-order valence-corrected chi connectivity index (χ1v) is 7.80. The quantitative estimate of drug-likeness (QED) is 0.809. The number of halogens is 1. The van der Waals surface area contributed by atoms with Crippen molar-refractivity contribution in [2.75, 3.05) is 5.75 Å². The van der Waals surface area contributed by atoms with Crippen LogP contribution in [0.15, 0.2) is 24.3 Å². The Morgan fingerprint density at radius 2 is 1.95 bits per heavy atom. The summed E-state index contributed by atoms with van der Waals surface area (Å²) in [4.78, 5) is 10.3. The lowest BCUT2D eigenvalue weighted by Gasteiger charge is -2.14. The molecule has 19 heavy (non-hydrogen) atoms. The normalized spacial score (nSPS) is 13.2. The zero-order chi connectivity index (χ0) is 14.5. The van der Waals surface area contributed by atoms with Gasteiger partial charge < -0.3 is 5.11 Å². The second-order valence-electron chi connectivity index (χ2n) is 4.21. The van der Waals surface area contributed by atoms with Gasteiger partial charge in [0.05, 0.1) is 5.75 Å². The molecule has 1 aromatic carbocycles. The minimum Gasteiger partial charge on any atom is -0.481 e. The van der Waals surface area contributed by atoms with Gasteiger partial charge in [-0.15, -0.1) is 0 Å². The molecule has 1 aromatic rings. The highest BCUT2D eigenvalue weighted by Gasteiger charge is 2.16. The lowest BCUT2D eigenvalue weighted by atomic mass is 10.1. The third-order valence-corrected chi connectivity index (χ3v) is 4.32. The molecule has 0 aromatic heterocycles. The second kappa shape index (κ2) is 6.88. The van der Waals surface area contributed by atoms with Crippen LogP contribution in [0.1, 0.15) is 31.4 Å². The van der Waals surface area contributed by atoms with Crippen LogP contribution in [-0.4, -0.2) is 25.2 Å². The number of sulfonamides is 1. The topological polar surface area (TPSA) is 83.5 Å². The smallest absolute Gasteiger partial charge is 0.303 e. The Hall–Kier alpha value is -1.11. The molecular formula is C12H16ClNO4S. The molecule has 0 bridgehead atoms. The van der Waals surface area contributed by atoms with Crippen LogP contribution in [0.3, 0.4) is 0 Å². The summed E-state index contributed by atoms with van der Waals surface area (Å²) in [6.45, 7) is 1.72. The van der Waals surface area contributed by atoms with E-state index in [4.69, 9.17) is 16.7 Å². The summed E-state index contributed by atoms with van der Waals surface area (Å²) < 4.78 is 26.0. The zero-order valence-corrected chi connectivity index (χ0v) is 12.0. The molecule has 0 amide bonds. The van der Waals surface area contributed by atoms with E-state index in [0.717, 1.165) is 5.56 Å². The Morgan fingerprint density at radius 1 is 1.37 bits per heavy atom. The zero-order valence-electron chi connectivity index (χ0n) is 10.5. The van der Waals surface area contributed by atoms with Gasteiger partial charge in [-0.25, -0.2) is 13.1 Å². The Labute approximate surface area is 117 Å². The largest absolute Gasteiger partial charge is 0.481 e. The van der Waals surface area contributed by atoms with E-state index < -0.39 is 16.0 Å². The molecule has 7 heteroatoms. The van der Waals surface area contributed by atoms with Crippen molar-refractivity contribution in [1.82, 2.24) is 4.72 Å². The predicted octanol–water partition coefficient (Wildman–Crippen LogP) is 2.19. The van der Waals surface area contributed by atoms with E-state index in [0.29, 0.717) is 5.02 Å². The number of carboxylic acid groups (broad SMARTS) is 1. The molecule has 0 aliphatic rings. The maximum absolute atomic E-state index is 11.7. The minimum atomic E-state index is -3.48. The van der Waals surface area contributed by atoms with Crippen LogP contribution in [0.2, 0.25) is 5.02 Å². The summed E-state index contributed by atoms with van der Waals surface area (Å²) in [5, 5.41) is 9.05. The van der Waals surface area contributed by atoms with Gasteiger partial charge in [0.15, 0.2) is 0 Å². The van der Waals surface area contributed by atoms with E-state index in [2.05, 4.69) is 4.72 Å². The van der Waals surface area contributed by atoms with Crippen LogP contribution in [0.5, 0.6) is 0 Å². The van der Waals surface area contributed by atoms with Gasteiger partial charge in [0, 0.05) is 17.5 Å². The number of aliphatic carboxylic acids is 1. The lowest BCUT2D eigenvalue weighted by Crippen LogP contribution is -2.29. The molecule has 0 aliphatic carbocycles. The van der Waals surface area contributed by atoms with Crippen LogP contribution in [-0.2, 0) is 14.8 Å². The van der Waals surface area contributed by atoms with Crippen molar-refractivity contribution in [3.63, 3.8) is 0 Å². The number of carboxylic acids is 1. The van der Waals surface area contributed by atoms with Gasteiger partial charge >= 0.3 is 5.97 Å². The fourth-order valence-corrected chi connectivity index (χ4v) is 3.00. The molecule has 1 atom stereocenters. The maximum atomic E-state index is 11.7.